The minimum Gasteiger partial charge on any atom is -0.481 e. The lowest BCUT2D eigenvalue weighted by Crippen LogP contribution is -2.24. The van der Waals surface area contributed by atoms with Crippen molar-refractivity contribution < 1.29 is 9.90 Å². The fourth-order valence-electron chi connectivity index (χ4n) is 2.31. The van der Waals surface area contributed by atoms with E-state index in [0.29, 0.717) is 16.5 Å². The first-order valence-electron chi connectivity index (χ1n) is 8.61. The summed E-state index contributed by atoms with van der Waals surface area (Å²) in [4.78, 5) is 18.7. The molecule has 28 heavy (non-hydrogen) atoms. The summed E-state index contributed by atoms with van der Waals surface area (Å²) in [6, 6.07) is 15.8. The van der Waals surface area contributed by atoms with E-state index in [2.05, 4.69) is 11.6 Å². The van der Waals surface area contributed by atoms with Crippen LogP contribution in [0.4, 0.5) is 0 Å². The first-order valence-corrected chi connectivity index (χ1v) is 11.0. The zero-order chi connectivity index (χ0) is 20.5. The molecule has 1 atom stereocenters. The Balaban J connectivity index is 1.96. The van der Waals surface area contributed by atoms with Crippen LogP contribution >= 0.6 is 35.1 Å². The standard InChI is InChI=1S/C21H23ClN2O2S2/c1-4-23-21(24(2)3)28-14-17(20(25)26)13-27-19-11-7-16(8-12-19)15-5-9-18(22)10-6-15/h4-12,17H,1,13-14H2,2-3H3,(H,25,26). The van der Waals surface area contributed by atoms with Crippen LogP contribution in [0, 0.1) is 5.92 Å². The summed E-state index contributed by atoms with van der Waals surface area (Å²) in [5, 5.41) is 11.0. The molecule has 2 rings (SSSR count). The molecule has 1 unspecified atom stereocenters. The number of carboxylic acids is 1. The Kier molecular flexibility index (Phi) is 8.96. The number of carbonyl (C=O) groups is 1. The van der Waals surface area contributed by atoms with E-state index in [0.717, 1.165) is 21.2 Å². The molecule has 0 spiro atoms. The SMILES string of the molecule is C=CN=C(SCC(CSc1ccc(-c2ccc(Cl)cc2)cc1)C(=O)O)N(C)C. The van der Waals surface area contributed by atoms with Crippen molar-refractivity contribution >= 4 is 46.3 Å². The van der Waals surface area contributed by atoms with Crippen LogP contribution in [0.3, 0.4) is 0 Å². The second-order valence-corrected chi connectivity index (χ2v) is 8.69. The fraction of sp³-hybridized carbons (Fsp3) is 0.238. The highest BCUT2D eigenvalue weighted by molar-refractivity contribution is 8.13. The summed E-state index contributed by atoms with van der Waals surface area (Å²) >= 11 is 8.91. The first-order chi connectivity index (χ1) is 13.4. The number of halogens is 1. The number of aliphatic carboxylic acids is 1. The second kappa shape index (κ2) is 11.2. The van der Waals surface area contributed by atoms with Crippen molar-refractivity contribution in [1.29, 1.82) is 0 Å². The van der Waals surface area contributed by atoms with Gasteiger partial charge < -0.3 is 10.0 Å². The van der Waals surface area contributed by atoms with E-state index in [-0.39, 0.29) is 0 Å². The predicted octanol–water partition coefficient (Wildman–Crippen LogP) is 5.59. The number of benzene rings is 2. The van der Waals surface area contributed by atoms with Gasteiger partial charge in [-0.25, -0.2) is 4.99 Å². The summed E-state index contributed by atoms with van der Waals surface area (Å²) in [7, 11) is 3.75. The van der Waals surface area contributed by atoms with Crippen molar-refractivity contribution in [1.82, 2.24) is 4.90 Å². The van der Waals surface area contributed by atoms with Gasteiger partial charge in [-0.2, -0.15) is 0 Å². The molecule has 0 bridgehead atoms. The third-order valence-corrected chi connectivity index (χ3v) is 6.55. The maximum atomic E-state index is 11.6. The van der Waals surface area contributed by atoms with E-state index in [1.165, 1.54) is 18.0 Å². The van der Waals surface area contributed by atoms with Gasteiger partial charge in [-0.05, 0) is 35.4 Å². The Morgan fingerprint density at radius 1 is 1.14 bits per heavy atom. The third kappa shape index (κ3) is 6.93. The number of amidine groups is 1. The lowest BCUT2D eigenvalue weighted by atomic mass is 10.1. The molecule has 7 heteroatoms. The molecular weight excluding hydrogens is 412 g/mol. The van der Waals surface area contributed by atoms with Gasteiger partial charge in [-0.15, -0.1) is 11.8 Å². The number of nitrogens with zero attached hydrogens (tertiary/aromatic N) is 2. The molecule has 0 aromatic heterocycles. The molecule has 0 saturated heterocycles. The van der Waals surface area contributed by atoms with E-state index in [9.17, 15) is 9.90 Å². The van der Waals surface area contributed by atoms with Gasteiger partial charge >= 0.3 is 5.97 Å². The van der Waals surface area contributed by atoms with Gasteiger partial charge in [-0.3, -0.25) is 4.79 Å². The molecule has 0 fully saturated rings. The van der Waals surface area contributed by atoms with Crippen molar-refractivity contribution in [3.8, 4) is 11.1 Å². The van der Waals surface area contributed by atoms with Gasteiger partial charge in [0, 0.05) is 41.7 Å². The Morgan fingerprint density at radius 2 is 1.71 bits per heavy atom. The second-order valence-electron chi connectivity index (χ2n) is 6.18. The highest BCUT2D eigenvalue weighted by atomic mass is 35.5. The summed E-state index contributed by atoms with van der Waals surface area (Å²) in [6.07, 6.45) is 1.47. The Labute approximate surface area is 179 Å². The quantitative estimate of drug-likeness (QED) is 0.333. The molecule has 0 aliphatic carbocycles. The Morgan fingerprint density at radius 3 is 2.21 bits per heavy atom. The molecule has 0 aliphatic rings. The van der Waals surface area contributed by atoms with Crippen LogP contribution in [0.2, 0.25) is 5.02 Å². The minimum atomic E-state index is -0.797. The highest BCUT2D eigenvalue weighted by Crippen LogP contribution is 2.27. The molecule has 2 aromatic carbocycles. The average molecular weight is 435 g/mol. The van der Waals surface area contributed by atoms with Crippen LogP contribution in [-0.4, -0.2) is 46.7 Å². The van der Waals surface area contributed by atoms with Crippen LogP contribution in [0.25, 0.3) is 11.1 Å². The van der Waals surface area contributed by atoms with Crippen molar-refractivity contribution in [2.24, 2.45) is 10.9 Å². The lowest BCUT2D eigenvalue weighted by molar-refractivity contribution is -0.140. The fourth-order valence-corrected chi connectivity index (χ4v) is 4.58. The topological polar surface area (TPSA) is 52.9 Å². The van der Waals surface area contributed by atoms with Crippen LogP contribution in [0.5, 0.6) is 0 Å². The molecule has 0 radical (unpaired) electrons. The number of rotatable bonds is 8. The van der Waals surface area contributed by atoms with Crippen molar-refractivity contribution in [3.05, 3.63) is 66.3 Å². The van der Waals surface area contributed by atoms with Crippen LogP contribution in [-0.2, 0) is 4.79 Å². The van der Waals surface area contributed by atoms with E-state index in [1.54, 1.807) is 11.8 Å². The minimum absolute atomic E-state index is 0.454. The molecule has 2 aromatic rings. The Bertz CT molecular complexity index is 821. The zero-order valence-electron chi connectivity index (χ0n) is 15.8. The normalized spacial score (nSPS) is 12.5. The summed E-state index contributed by atoms with van der Waals surface area (Å²) in [5.41, 5.74) is 2.20. The summed E-state index contributed by atoms with van der Waals surface area (Å²) in [5.74, 6) is -0.316. The molecule has 148 valence electrons. The van der Waals surface area contributed by atoms with Crippen molar-refractivity contribution in [2.45, 2.75) is 4.90 Å². The highest BCUT2D eigenvalue weighted by Gasteiger charge is 2.19. The van der Waals surface area contributed by atoms with Gasteiger partial charge in [-0.1, -0.05) is 54.2 Å². The lowest BCUT2D eigenvalue weighted by Gasteiger charge is -2.17. The molecular formula is C21H23ClN2O2S2. The smallest absolute Gasteiger partial charge is 0.308 e. The average Bonchev–Trinajstić information content (AvgIpc) is 2.67. The number of thioether (sulfide) groups is 2. The summed E-state index contributed by atoms with van der Waals surface area (Å²) < 4.78 is 0. The summed E-state index contributed by atoms with van der Waals surface area (Å²) in [6.45, 7) is 3.60. The monoisotopic (exact) mass is 434 g/mol. The molecule has 0 amide bonds. The first kappa shape index (κ1) is 22.4. The van der Waals surface area contributed by atoms with E-state index in [4.69, 9.17) is 11.6 Å². The largest absolute Gasteiger partial charge is 0.481 e. The molecule has 0 aliphatic heterocycles. The van der Waals surface area contributed by atoms with E-state index in [1.807, 2.05) is 67.5 Å². The zero-order valence-corrected chi connectivity index (χ0v) is 18.2. The van der Waals surface area contributed by atoms with Gasteiger partial charge in [0.1, 0.15) is 0 Å². The Hall–Kier alpha value is -1.89. The van der Waals surface area contributed by atoms with E-state index >= 15 is 0 Å². The number of hydrogen-bond acceptors (Lipinski definition) is 4. The maximum Gasteiger partial charge on any atom is 0.308 e. The van der Waals surface area contributed by atoms with Gasteiger partial charge in [0.15, 0.2) is 5.17 Å². The van der Waals surface area contributed by atoms with Gasteiger partial charge in [0.2, 0.25) is 0 Å². The number of hydrogen-bond donors (Lipinski definition) is 1. The van der Waals surface area contributed by atoms with Crippen LogP contribution < -0.4 is 0 Å². The maximum absolute atomic E-state index is 11.6. The van der Waals surface area contributed by atoms with Crippen molar-refractivity contribution in [2.75, 3.05) is 25.6 Å². The van der Waals surface area contributed by atoms with Crippen LogP contribution in [0.15, 0.2) is 71.2 Å². The van der Waals surface area contributed by atoms with Gasteiger partial charge in [0.25, 0.3) is 0 Å². The van der Waals surface area contributed by atoms with Crippen molar-refractivity contribution in [3.63, 3.8) is 0 Å². The predicted molar refractivity (Wildman–Crippen MR) is 123 cm³/mol. The van der Waals surface area contributed by atoms with Gasteiger partial charge in [0.05, 0.1) is 5.92 Å². The van der Waals surface area contributed by atoms with Crippen LogP contribution in [0.1, 0.15) is 0 Å². The molecule has 4 nitrogen and oxygen atoms in total. The molecule has 1 N–H and O–H groups in total. The third-order valence-electron chi connectivity index (χ3n) is 3.83. The molecule has 0 saturated carbocycles. The molecule has 0 heterocycles. The van der Waals surface area contributed by atoms with E-state index < -0.39 is 11.9 Å². The number of aliphatic imine (C=N–C) groups is 1. The number of carboxylic acid groups (broad SMARTS) is 1.